The van der Waals surface area contributed by atoms with Gasteiger partial charge in [-0.3, -0.25) is 0 Å². The van der Waals surface area contributed by atoms with Crippen LogP contribution in [0.2, 0.25) is 0 Å². The highest BCUT2D eigenvalue weighted by Gasteiger charge is 2.15. The van der Waals surface area contributed by atoms with Crippen LogP contribution in [-0.2, 0) is 10.0 Å². The number of sulfonamides is 1. The molecule has 0 aromatic carbocycles. The molecule has 1 unspecified atom stereocenters. The number of furan rings is 1. The molecule has 1 aromatic heterocycles. The highest BCUT2D eigenvalue weighted by Crippen LogP contribution is 2.21. The quantitative estimate of drug-likeness (QED) is 0.834. The third kappa shape index (κ3) is 2.85. The molecule has 0 saturated carbocycles. The number of rotatable bonds is 3. The van der Waals surface area contributed by atoms with Gasteiger partial charge in [0.15, 0.2) is 0 Å². The second-order valence-electron chi connectivity index (χ2n) is 3.48. The van der Waals surface area contributed by atoms with Crippen molar-refractivity contribution in [1.82, 2.24) is 4.72 Å². The van der Waals surface area contributed by atoms with Crippen LogP contribution in [0.3, 0.4) is 0 Å². The molecular formula is C9H15NO3S. The summed E-state index contributed by atoms with van der Waals surface area (Å²) < 4.78 is 29.8. The van der Waals surface area contributed by atoms with Crippen LogP contribution >= 0.6 is 0 Å². The summed E-state index contributed by atoms with van der Waals surface area (Å²) in [6.07, 6.45) is 1.14. The Morgan fingerprint density at radius 3 is 2.36 bits per heavy atom. The Morgan fingerprint density at radius 1 is 1.43 bits per heavy atom. The Balaban J connectivity index is 2.90. The number of hydrogen-bond acceptors (Lipinski definition) is 3. The molecule has 0 aliphatic carbocycles. The summed E-state index contributed by atoms with van der Waals surface area (Å²) in [5, 5.41) is 0. The molecule has 0 radical (unpaired) electrons. The van der Waals surface area contributed by atoms with Gasteiger partial charge in [-0.15, -0.1) is 0 Å². The van der Waals surface area contributed by atoms with Crippen LogP contribution in [0.4, 0.5) is 0 Å². The van der Waals surface area contributed by atoms with Crippen molar-refractivity contribution in [2.75, 3.05) is 6.26 Å². The average molecular weight is 217 g/mol. The Hall–Kier alpha value is -0.810. The van der Waals surface area contributed by atoms with E-state index in [0.29, 0.717) is 0 Å². The normalized spacial score (nSPS) is 14.3. The van der Waals surface area contributed by atoms with Gasteiger partial charge < -0.3 is 4.42 Å². The third-order valence-electron chi connectivity index (χ3n) is 1.94. The topological polar surface area (TPSA) is 59.3 Å². The third-order valence-corrected chi connectivity index (χ3v) is 2.72. The van der Waals surface area contributed by atoms with Crippen LogP contribution in [0, 0.1) is 13.8 Å². The van der Waals surface area contributed by atoms with Crippen LogP contribution in [0.25, 0.3) is 0 Å². The van der Waals surface area contributed by atoms with Crippen molar-refractivity contribution in [3.8, 4) is 0 Å². The van der Waals surface area contributed by atoms with Crippen LogP contribution in [0.5, 0.6) is 0 Å². The van der Waals surface area contributed by atoms with Gasteiger partial charge in [-0.05, 0) is 26.8 Å². The molecule has 1 heterocycles. The molecule has 1 atom stereocenters. The zero-order valence-corrected chi connectivity index (χ0v) is 9.60. The molecule has 1 aromatic rings. The first-order valence-electron chi connectivity index (χ1n) is 4.34. The predicted molar refractivity (Wildman–Crippen MR) is 54.6 cm³/mol. The van der Waals surface area contributed by atoms with E-state index in [9.17, 15) is 8.42 Å². The van der Waals surface area contributed by atoms with E-state index in [4.69, 9.17) is 4.42 Å². The molecule has 0 fully saturated rings. The highest BCUT2D eigenvalue weighted by molar-refractivity contribution is 7.88. The molecule has 0 amide bonds. The second kappa shape index (κ2) is 3.74. The minimum Gasteiger partial charge on any atom is -0.466 e. The zero-order chi connectivity index (χ0) is 10.9. The van der Waals surface area contributed by atoms with E-state index in [0.717, 1.165) is 23.3 Å². The largest absolute Gasteiger partial charge is 0.466 e. The number of nitrogens with one attached hydrogen (secondary N) is 1. The monoisotopic (exact) mass is 217 g/mol. The van der Waals surface area contributed by atoms with Gasteiger partial charge in [0.2, 0.25) is 10.0 Å². The van der Waals surface area contributed by atoms with Gasteiger partial charge in [0.25, 0.3) is 0 Å². The van der Waals surface area contributed by atoms with E-state index in [1.807, 2.05) is 19.9 Å². The fourth-order valence-electron chi connectivity index (χ4n) is 1.46. The maximum Gasteiger partial charge on any atom is 0.209 e. The number of hydrogen-bond donors (Lipinski definition) is 1. The number of aryl methyl sites for hydroxylation is 2. The summed E-state index contributed by atoms with van der Waals surface area (Å²) in [5.74, 6) is 1.55. The van der Waals surface area contributed by atoms with Crippen LogP contribution in [0.15, 0.2) is 10.5 Å². The van der Waals surface area contributed by atoms with Gasteiger partial charge in [-0.1, -0.05) is 0 Å². The van der Waals surface area contributed by atoms with Gasteiger partial charge >= 0.3 is 0 Å². The standard InChI is InChI=1S/C9H15NO3S/c1-6-5-9(8(3)13-6)7(2)10-14(4,11)12/h5,7,10H,1-4H3. The molecule has 1 N–H and O–H groups in total. The van der Waals surface area contributed by atoms with E-state index < -0.39 is 10.0 Å². The van der Waals surface area contributed by atoms with Crippen molar-refractivity contribution < 1.29 is 12.8 Å². The molecule has 0 aliphatic heterocycles. The van der Waals surface area contributed by atoms with Crippen LogP contribution < -0.4 is 4.72 Å². The molecule has 1 rings (SSSR count). The van der Waals surface area contributed by atoms with E-state index in [1.54, 1.807) is 6.92 Å². The van der Waals surface area contributed by atoms with Gasteiger partial charge in [0, 0.05) is 11.6 Å². The highest BCUT2D eigenvalue weighted by atomic mass is 32.2. The minimum atomic E-state index is -3.17. The summed E-state index contributed by atoms with van der Waals surface area (Å²) in [5.41, 5.74) is 0.882. The van der Waals surface area contributed by atoms with Gasteiger partial charge in [0.1, 0.15) is 11.5 Å². The fraction of sp³-hybridized carbons (Fsp3) is 0.556. The van der Waals surface area contributed by atoms with E-state index in [1.165, 1.54) is 0 Å². The molecule has 0 bridgehead atoms. The molecule has 5 heteroatoms. The molecule has 80 valence electrons. The first-order chi connectivity index (χ1) is 6.29. The Kier molecular flexibility index (Phi) is 3.01. The smallest absolute Gasteiger partial charge is 0.209 e. The first-order valence-corrected chi connectivity index (χ1v) is 6.23. The minimum absolute atomic E-state index is 0.248. The van der Waals surface area contributed by atoms with Gasteiger partial charge in [0.05, 0.1) is 6.26 Å². The summed E-state index contributed by atoms with van der Waals surface area (Å²) in [6, 6.07) is 1.60. The lowest BCUT2D eigenvalue weighted by molar-refractivity contribution is 0.496. The van der Waals surface area contributed by atoms with E-state index in [-0.39, 0.29) is 6.04 Å². The van der Waals surface area contributed by atoms with Gasteiger partial charge in [-0.25, -0.2) is 13.1 Å². The molecule has 14 heavy (non-hydrogen) atoms. The van der Waals surface area contributed by atoms with Crippen LogP contribution in [0.1, 0.15) is 30.0 Å². The lowest BCUT2D eigenvalue weighted by Crippen LogP contribution is -2.25. The Morgan fingerprint density at radius 2 is 2.00 bits per heavy atom. The van der Waals surface area contributed by atoms with Crippen molar-refractivity contribution in [1.29, 1.82) is 0 Å². The van der Waals surface area contributed by atoms with Crippen molar-refractivity contribution in [2.45, 2.75) is 26.8 Å². The van der Waals surface area contributed by atoms with Crippen molar-refractivity contribution in [2.24, 2.45) is 0 Å². The van der Waals surface area contributed by atoms with Crippen LogP contribution in [-0.4, -0.2) is 14.7 Å². The second-order valence-corrected chi connectivity index (χ2v) is 5.26. The SMILES string of the molecule is Cc1cc(C(C)NS(C)(=O)=O)c(C)o1. The Labute approximate surface area is 84.4 Å². The maximum absolute atomic E-state index is 11.0. The summed E-state index contributed by atoms with van der Waals surface area (Å²) in [7, 11) is -3.17. The summed E-state index contributed by atoms with van der Waals surface area (Å²) in [6.45, 7) is 5.45. The fourth-order valence-corrected chi connectivity index (χ4v) is 2.23. The van der Waals surface area contributed by atoms with Crippen molar-refractivity contribution in [3.63, 3.8) is 0 Å². The average Bonchev–Trinajstić information content (AvgIpc) is 2.26. The maximum atomic E-state index is 11.0. The summed E-state index contributed by atoms with van der Waals surface area (Å²) >= 11 is 0. The van der Waals surface area contributed by atoms with E-state index in [2.05, 4.69) is 4.72 Å². The summed E-state index contributed by atoms with van der Waals surface area (Å²) in [4.78, 5) is 0. The lowest BCUT2D eigenvalue weighted by Gasteiger charge is -2.10. The Bertz CT molecular complexity index is 419. The molecule has 0 aliphatic rings. The first kappa shape index (κ1) is 11.3. The lowest BCUT2D eigenvalue weighted by atomic mass is 10.1. The van der Waals surface area contributed by atoms with E-state index >= 15 is 0 Å². The molecular weight excluding hydrogens is 202 g/mol. The van der Waals surface area contributed by atoms with Crippen molar-refractivity contribution >= 4 is 10.0 Å². The predicted octanol–water partition coefficient (Wildman–Crippen LogP) is 1.51. The van der Waals surface area contributed by atoms with Crippen molar-refractivity contribution in [3.05, 3.63) is 23.2 Å². The molecule has 0 spiro atoms. The zero-order valence-electron chi connectivity index (χ0n) is 8.79. The molecule has 0 saturated heterocycles. The molecule has 4 nitrogen and oxygen atoms in total. The van der Waals surface area contributed by atoms with Gasteiger partial charge in [-0.2, -0.15) is 0 Å².